The molecule has 20 heavy (non-hydrogen) atoms. The second-order valence-corrected chi connectivity index (χ2v) is 6.04. The van der Waals surface area contributed by atoms with E-state index in [4.69, 9.17) is 4.52 Å². The summed E-state index contributed by atoms with van der Waals surface area (Å²) in [5.41, 5.74) is 1.21. The average molecular weight is 275 g/mol. The van der Waals surface area contributed by atoms with Gasteiger partial charge in [-0.15, -0.1) is 0 Å². The van der Waals surface area contributed by atoms with Crippen LogP contribution in [0.25, 0.3) is 0 Å². The van der Waals surface area contributed by atoms with Gasteiger partial charge in [-0.25, -0.2) is 0 Å². The fourth-order valence-corrected chi connectivity index (χ4v) is 3.01. The van der Waals surface area contributed by atoms with Crippen LogP contribution in [0, 0.1) is 6.92 Å². The van der Waals surface area contributed by atoms with Crippen LogP contribution in [-0.2, 0) is 19.0 Å². The van der Waals surface area contributed by atoms with Crippen molar-refractivity contribution in [3.63, 3.8) is 0 Å². The standard InChI is InChI=1S/C14H21N5O/c1-11-16-13(20-17-11)14(2)5-4-6-19(10-14)9-12-7-15-18(3)8-12/h7-8H,4-6,9-10H2,1-3H3. The highest BCUT2D eigenvalue weighted by molar-refractivity contribution is 5.09. The predicted molar refractivity (Wildman–Crippen MR) is 74.1 cm³/mol. The lowest BCUT2D eigenvalue weighted by Crippen LogP contribution is -2.44. The Morgan fingerprint density at radius 3 is 2.95 bits per heavy atom. The van der Waals surface area contributed by atoms with Crippen LogP contribution in [0.2, 0.25) is 0 Å². The van der Waals surface area contributed by atoms with E-state index in [1.807, 2.05) is 24.9 Å². The van der Waals surface area contributed by atoms with Crippen LogP contribution in [0.5, 0.6) is 0 Å². The summed E-state index contributed by atoms with van der Waals surface area (Å²) in [5.74, 6) is 1.48. The molecule has 0 N–H and O–H groups in total. The molecule has 1 atom stereocenters. The molecule has 1 saturated heterocycles. The number of hydrogen-bond donors (Lipinski definition) is 0. The minimum Gasteiger partial charge on any atom is -0.339 e. The van der Waals surface area contributed by atoms with Crippen LogP contribution in [-0.4, -0.2) is 37.9 Å². The van der Waals surface area contributed by atoms with E-state index in [2.05, 4.69) is 33.3 Å². The van der Waals surface area contributed by atoms with Gasteiger partial charge in [0.15, 0.2) is 5.82 Å². The molecule has 1 aliphatic rings. The smallest absolute Gasteiger partial charge is 0.233 e. The van der Waals surface area contributed by atoms with E-state index in [0.29, 0.717) is 5.82 Å². The van der Waals surface area contributed by atoms with Crippen molar-refractivity contribution >= 4 is 0 Å². The molecule has 0 spiro atoms. The topological polar surface area (TPSA) is 60.0 Å². The number of hydrogen-bond acceptors (Lipinski definition) is 5. The van der Waals surface area contributed by atoms with Gasteiger partial charge in [0, 0.05) is 31.9 Å². The van der Waals surface area contributed by atoms with Crippen molar-refractivity contribution in [2.45, 2.75) is 38.6 Å². The molecule has 1 fully saturated rings. The fourth-order valence-electron chi connectivity index (χ4n) is 3.01. The zero-order chi connectivity index (χ0) is 14.2. The minimum atomic E-state index is -0.0400. The quantitative estimate of drug-likeness (QED) is 0.852. The third kappa shape index (κ3) is 2.60. The molecular weight excluding hydrogens is 254 g/mol. The van der Waals surface area contributed by atoms with E-state index >= 15 is 0 Å². The SMILES string of the molecule is Cc1noc(C2(C)CCCN(Cc3cnn(C)c3)C2)n1. The van der Waals surface area contributed by atoms with Gasteiger partial charge in [-0.3, -0.25) is 9.58 Å². The van der Waals surface area contributed by atoms with E-state index in [1.165, 1.54) is 5.56 Å². The molecule has 0 bridgehead atoms. The van der Waals surface area contributed by atoms with E-state index in [0.717, 1.165) is 38.4 Å². The number of rotatable bonds is 3. The van der Waals surface area contributed by atoms with E-state index < -0.39 is 0 Å². The molecule has 2 aromatic heterocycles. The summed E-state index contributed by atoms with van der Waals surface area (Å²) >= 11 is 0. The summed E-state index contributed by atoms with van der Waals surface area (Å²) in [4.78, 5) is 6.88. The molecule has 1 unspecified atom stereocenters. The summed E-state index contributed by atoms with van der Waals surface area (Å²) in [7, 11) is 1.95. The molecule has 1 aliphatic heterocycles. The molecule has 0 amide bonds. The first-order valence-electron chi connectivity index (χ1n) is 7.06. The highest BCUT2D eigenvalue weighted by atomic mass is 16.5. The zero-order valence-corrected chi connectivity index (χ0v) is 12.3. The number of likely N-dealkylation sites (tertiary alicyclic amines) is 1. The summed E-state index contributed by atoms with van der Waals surface area (Å²) in [6.07, 6.45) is 6.25. The highest BCUT2D eigenvalue weighted by Gasteiger charge is 2.37. The molecule has 3 heterocycles. The lowest BCUT2D eigenvalue weighted by molar-refractivity contribution is 0.124. The molecule has 2 aromatic rings. The van der Waals surface area contributed by atoms with Crippen LogP contribution < -0.4 is 0 Å². The van der Waals surface area contributed by atoms with Crippen molar-refractivity contribution in [3.05, 3.63) is 29.7 Å². The molecular formula is C14H21N5O. The Bertz CT molecular complexity index is 590. The predicted octanol–water partition coefficient (Wildman–Crippen LogP) is 1.67. The molecule has 0 aliphatic carbocycles. The Morgan fingerprint density at radius 1 is 1.45 bits per heavy atom. The maximum atomic E-state index is 5.41. The van der Waals surface area contributed by atoms with Gasteiger partial charge in [0.25, 0.3) is 0 Å². The van der Waals surface area contributed by atoms with Crippen LogP contribution in [0.1, 0.15) is 37.0 Å². The van der Waals surface area contributed by atoms with Crippen molar-refractivity contribution in [3.8, 4) is 0 Å². The van der Waals surface area contributed by atoms with Gasteiger partial charge in [0.2, 0.25) is 5.89 Å². The first kappa shape index (κ1) is 13.3. The van der Waals surface area contributed by atoms with Gasteiger partial charge in [-0.2, -0.15) is 10.1 Å². The lowest BCUT2D eigenvalue weighted by Gasteiger charge is -2.37. The van der Waals surface area contributed by atoms with E-state index in [9.17, 15) is 0 Å². The van der Waals surface area contributed by atoms with Crippen molar-refractivity contribution in [1.29, 1.82) is 0 Å². The monoisotopic (exact) mass is 275 g/mol. The van der Waals surface area contributed by atoms with Gasteiger partial charge >= 0.3 is 0 Å². The van der Waals surface area contributed by atoms with Gasteiger partial charge in [-0.1, -0.05) is 5.16 Å². The minimum absolute atomic E-state index is 0.0400. The van der Waals surface area contributed by atoms with Crippen molar-refractivity contribution in [1.82, 2.24) is 24.8 Å². The summed E-state index contributed by atoms with van der Waals surface area (Å²) in [6.45, 7) is 7.07. The van der Waals surface area contributed by atoms with Gasteiger partial charge < -0.3 is 4.52 Å². The number of aromatic nitrogens is 4. The number of piperidine rings is 1. The summed E-state index contributed by atoms with van der Waals surface area (Å²) < 4.78 is 7.25. The highest BCUT2D eigenvalue weighted by Crippen LogP contribution is 2.33. The molecule has 0 aromatic carbocycles. The Hall–Kier alpha value is -1.69. The van der Waals surface area contributed by atoms with Crippen molar-refractivity contribution < 1.29 is 4.52 Å². The van der Waals surface area contributed by atoms with E-state index in [1.54, 1.807) is 0 Å². The maximum Gasteiger partial charge on any atom is 0.233 e. The Balaban J connectivity index is 1.72. The second-order valence-electron chi connectivity index (χ2n) is 6.04. The summed E-state index contributed by atoms with van der Waals surface area (Å²) in [5, 5.41) is 8.16. The first-order chi connectivity index (χ1) is 9.55. The van der Waals surface area contributed by atoms with Crippen LogP contribution in [0.15, 0.2) is 16.9 Å². The third-order valence-corrected chi connectivity index (χ3v) is 3.98. The lowest BCUT2D eigenvalue weighted by atomic mass is 9.81. The zero-order valence-electron chi connectivity index (χ0n) is 12.3. The fraction of sp³-hybridized carbons (Fsp3) is 0.643. The largest absolute Gasteiger partial charge is 0.339 e. The molecule has 0 radical (unpaired) electrons. The number of aryl methyl sites for hydroxylation is 2. The Morgan fingerprint density at radius 2 is 2.30 bits per heavy atom. The molecule has 3 rings (SSSR count). The first-order valence-corrected chi connectivity index (χ1v) is 7.06. The normalized spacial score (nSPS) is 24.1. The average Bonchev–Trinajstić information content (AvgIpc) is 2.99. The molecule has 108 valence electrons. The van der Waals surface area contributed by atoms with Gasteiger partial charge in [0.1, 0.15) is 0 Å². The van der Waals surface area contributed by atoms with Crippen LogP contribution in [0.4, 0.5) is 0 Å². The summed E-state index contributed by atoms with van der Waals surface area (Å²) in [6, 6.07) is 0. The Labute approximate surface area is 118 Å². The molecule has 0 saturated carbocycles. The molecule has 6 heteroatoms. The Kier molecular flexibility index (Phi) is 3.33. The maximum absolute atomic E-state index is 5.41. The van der Waals surface area contributed by atoms with Crippen LogP contribution in [0.3, 0.4) is 0 Å². The molecule has 6 nitrogen and oxygen atoms in total. The third-order valence-electron chi connectivity index (χ3n) is 3.98. The van der Waals surface area contributed by atoms with Crippen LogP contribution >= 0.6 is 0 Å². The van der Waals surface area contributed by atoms with Crippen molar-refractivity contribution in [2.75, 3.05) is 13.1 Å². The van der Waals surface area contributed by atoms with Gasteiger partial charge in [-0.05, 0) is 33.2 Å². The van der Waals surface area contributed by atoms with E-state index in [-0.39, 0.29) is 5.41 Å². The van der Waals surface area contributed by atoms with Gasteiger partial charge in [0.05, 0.1) is 11.6 Å². The number of nitrogens with zero attached hydrogens (tertiary/aromatic N) is 5. The van der Waals surface area contributed by atoms with Crippen molar-refractivity contribution in [2.24, 2.45) is 7.05 Å². The second kappa shape index (κ2) is 5.01.